The lowest BCUT2D eigenvalue weighted by atomic mass is 10.1. The van der Waals surface area contributed by atoms with Crippen LogP contribution < -0.4 is 14.4 Å². The van der Waals surface area contributed by atoms with Crippen molar-refractivity contribution in [3.8, 4) is 11.5 Å². The van der Waals surface area contributed by atoms with Crippen LogP contribution in [0.5, 0.6) is 11.5 Å². The summed E-state index contributed by atoms with van der Waals surface area (Å²) in [6.45, 7) is 5.69. The van der Waals surface area contributed by atoms with Crippen molar-refractivity contribution in [2.75, 3.05) is 32.2 Å². The maximum Gasteiger partial charge on any atom is 0.162 e. The number of nitrogens with zero attached hydrogens (tertiary/aromatic N) is 1. The van der Waals surface area contributed by atoms with Gasteiger partial charge in [0, 0.05) is 24.8 Å². The van der Waals surface area contributed by atoms with E-state index in [4.69, 9.17) is 9.47 Å². The third-order valence-corrected chi connectivity index (χ3v) is 2.93. The summed E-state index contributed by atoms with van der Waals surface area (Å²) in [5.74, 6) is 1.60. The van der Waals surface area contributed by atoms with Gasteiger partial charge < -0.3 is 14.4 Å². The van der Waals surface area contributed by atoms with Gasteiger partial charge >= 0.3 is 0 Å². The molecule has 1 aliphatic rings. The van der Waals surface area contributed by atoms with Crippen LogP contribution in [-0.2, 0) is 6.42 Å². The second-order valence-corrected chi connectivity index (χ2v) is 3.82. The molecule has 0 bridgehead atoms. The van der Waals surface area contributed by atoms with E-state index in [2.05, 4.69) is 17.5 Å². The van der Waals surface area contributed by atoms with E-state index in [0.717, 1.165) is 31.0 Å². The molecule has 2 rings (SSSR count). The average Bonchev–Trinajstić information content (AvgIpc) is 2.70. The van der Waals surface area contributed by atoms with Gasteiger partial charge in [-0.15, -0.1) is 6.58 Å². The van der Waals surface area contributed by atoms with E-state index >= 15 is 0 Å². The van der Waals surface area contributed by atoms with Crippen molar-refractivity contribution in [2.45, 2.75) is 6.42 Å². The van der Waals surface area contributed by atoms with Gasteiger partial charge in [0.1, 0.15) is 0 Å². The molecule has 1 aromatic rings. The minimum absolute atomic E-state index is 0.789. The van der Waals surface area contributed by atoms with Crippen LogP contribution in [0.4, 0.5) is 5.69 Å². The number of rotatable bonds is 4. The summed E-state index contributed by atoms with van der Waals surface area (Å²) in [6.07, 6.45) is 2.98. The Bertz CT molecular complexity index is 401. The van der Waals surface area contributed by atoms with E-state index in [1.807, 2.05) is 12.1 Å². The monoisotopic (exact) mass is 219 g/mol. The third-order valence-electron chi connectivity index (χ3n) is 2.93. The summed E-state index contributed by atoms with van der Waals surface area (Å²) in [5.41, 5.74) is 2.55. The normalized spacial score (nSPS) is 13.5. The first kappa shape index (κ1) is 10.9. The maximum atomic E-state index is 5.31. The summed E-state index contributed by atoms with van der Waals surface area (Å²) < 4.78 is 10.6. The molecule has 0 N–H and O–H groups in total. The fourth-order valence-electron chi connectivity index (χ4n) is 2.13. The zero-order valence-corrected chi connectivity index (χ0v) is 9.82. The molecule has 0 unspecified atom stereocenters. The second kappa shape index (κ2) is 4.47. The third kappa shape index (κ3) is 1.73. The van der Waals surface area contributed by atoms with Crippen LogP contribution in [0.25, 0.3) is 0 Å². The number of ether oxygens (including phenoxy) is 2. The Kier molecular flexibility index (Phi) is 3.04. The predicted molar refractivity (Wildman–Crippen MR) is 65.7 cm³/mol. The van der Waals surface area contributed by atoms with Crippen molar-refractivity contribution >= 4 is 5.69 Å². The van der Waals surface area contributed by atoms with Crippen molar-refractivity contribution in [3.05, 3.63) is 30.4 Å². The summed E-state index contributed by atoms with van der Waals surface area (Å²) in [4.78, 5) is 2.30. The molecule has 0 spiro atoms. The average molecular weight is 219 g/mol. The largest absolute Gasteiger partial charge is 0.493 e. The number of fused-ring (bicyclic) bond motifs is 1. The summed E-state index contributed by atoms with van der Waals surface area (Å²) in [6, 6.07) is 4.11. The molecule has 3 nitrogen and oxygen atoms in total. The van der Waals surface area contributed by atoms with Crippen molar-refractivity contribution in [3.63, 3.8) is 0 Å². The van der Waals surface area contributed by atoms with Crippen molar-refractivity contribution < 1.29 is 9.47 Å². The Morgan fingerprint density at radius 3 is 2.62 bits per heavy atom. The van der Waals surface area contributed by atoms with Gasteiger partial charge in [0.2, 0.25) is 0 Å². The van der Waals surface area contributed by atoms with Gasteiger partial charge in [0.15, 0.2) is 11.5 Å². The second-order valence-electron chi connectivity index (χ2n) is 3.82. The van der Waals surface area contributed by atoms with Gasteiger partial charge in [0.05, 0.1) is 14.2 Å². The lowest BCUT2D eigenvalue weighted by Crippen LogP contribution is -2.19. The van der Waals surface area contributed by atoms with E-state index in [0.29, 0.717) is 0 Å². The topological polar surface area (TPSA) is 21.7 Å². The molecule has 0 atom stereocenters. The first-order valence-corrected chi connectivity index (χ1v) is 5.41. The first-order valence-electron chi connectivity index (χ1n) is 5.41. The Morgan fingerprint density at radius 1 is 1.31 bits per heavy atom. The predicted octanol–water partition coefficient (Wildman–Crippen LogP) is 2.25. The fraction of sp³-hybridized carbons (Fsp3) is 0.385. The van der Waals surface area contributed by atoms with Crippen LogP contribution in [0.15, 0.2) is 24.8 Å². The van der Waals surface area contributed by atoms with E-state index in [-0.39, 0.29) is 0 Å². The van der Waals surface area contributed by atoms with Crippen LogP contribution in [-0.4, -0.2) is 27.3 Å². The zero-order chi connectivity index (χ0) is 11.5. The molecule has 16 heavy (non-hydrogen) atoms. The number of anilines is 1. The van der Waals surface area contributed by atoms with Crippen LogP contribution >= 0.6 is 0 Å². The molecule has 0 saturated heterocycles. The Balaban J connectivity index is 2.39. The molecule has 1 heterocycles. The molecule has 3 heteroatoms. The molecule has 0 aliphatic carbocycles. The summed E-state index contributed by atoms with van der Waals surface area (Å²) in [7, 11) is 3.33. The van der Waals surface area contributed by atoms with E-state index in [9.17, 15) is 0 Å². The zero-order valence-electron chi connectivity index (χ0n) is 9.82. The number of methoxy groups -OCH3 is 2. The van der Waals surface area contributed by atoms with Crippen LogP contribution in [0, 0.1) is 0 Å². The van der Waals surface area contributed by atoms with E-state index in [1.54, 1.807) is 14.2 Å². The highest BCUT2D eigenvalue weighted by Gasteiger charge is 2.21. The Labute approximate surface area is 96.3 Å². The van der Waals surface area contributed by atoms with Crippen molar-refractivity contribution in [1.29, 1.82) is 0 Å². The molecule has 1 aliphatic heterocycles. The van der Waals surface area contributed by atoms with Crippen molar-refractivity contribution in [2.24, 2.45) is 0 Å². The molecule has 0 saturated carbocycles. The van der Waals surface area contributed by atoms with Gasteiger partial charge in [0.25, 0.3) is 0 Å². The first-order chi connectivity index (χ1) is 7.80. The van der Waals surface area contributed by atoms with E-state index < -0.39 is 0 Å². The highest BCUT2D eigenvalue weighted by atomic mass is 16.5. The molecule has 0 amide bonds. The lowest BCUT2D eigenvalue weighted by molar-refractivity contribution is 0.355. The highest BCUT2D eigenvalue weighted by molar-refractivity contribution is 5.65. The number of benzene rings is 1. The molecular formula is C13H17NO2. The standard InChI is InChI=1S/C13H17NO2/c1-4-6-14-7-5-10-8-12(15-2)13(16-3)9-11(10)14/h4,8-9H,1,5-7H2,2-3H3. The Hall–Kier alpha value is -1.64. The van der Waals surface area contributed by atoms with E-state index in [1.165, 1.54) is 11.3 Å². The van der Waals surface area contributed by atoms with Gasteiger partial charge in [-0.25, -0.2) is 0 Å². The van der Waals surface area contributed by atoms with Crippen LogP contribution in [0.3, 0.4) is 0 Å². The van der Waals surface area contributed by atoms with Crippen molar-refractivity contribution in [1.82, 2.24) is 0 Å². The highest BCUT2D eigenvalue weighted by Crippen LogP contribution is 2.38. The SMILES string of the molecule is C=CCN1CCc2cc(OC)c(OC)cc21. The smallest absolute Gasteiger partial charge is 0.162 e. The number of hydrogen-bond acceptors (Lipinski definition) is 3. The van der Waals surface area contributed by atoms with Crippen LogP contribution in [0.2, 0.25) is 0 Å². The van der Waals surface area contributed by atoms with Gasteiger partial charge in [-0.3, -0.25) is 0 Å². The molecule has 0 radical (unpaired) electrons. The lowest BCUT2D eigenvalue weighted by Gasteiger charge is -2.18. The molecule has 0 aromatic heterocycles. The summed E-state index contributed by atoms with van der Waals surface area (Å²) >= 11 is 0. The van der Waals surface area contributed by atoms with Gasteiger partial charge in [-0.05, 0) is 18.1 Å². The van der Waals surface area contributed by atoms with Gasteiger partial charge in [-0.2, -0.15) is 0 Å². The Morgan fingerprint density at radius 2 is 2.00 bits per heavy atom. The van der Waals surface area contributed by atoms with Crippen LogP contribution in [0.1, 0.15) is 5.56 Å². The minimum Gasteiger partial charge on any atom is -0.493 e. The minimum atomic E-state index is 0.789. The molecule has 86 valence electrons. The fourth-order valence-corrected chi connectivity index (χ4v) is 2.13. The maximum absolute atomic E-state index is 5.31. The summed E-state index contributed by atoms with van der Waals surface area (Å²) in [5, 5.41) is 0. The quantitative estimate of drug-likeness (QED) is 0.725. The molecule has 0 fully saturated rings. The molecule has 1 aromatic carbocycles. The number of hydrogen-bond donors (Lipinski definition) is 0. The molecular weight excluding hydrogens is 202 g/mol. The van der Waals surface area contributed by atoms with Gasteiger partial charge in [-0.1, -0.05) is 6.08 Å².